The van der Waals surface area contributed by atoms with Crippen molar-refractivity contribution >= 4 is 5.91 Å². The van der Waals surface area contributed by atoms with Crippen molar-refractivity contribution in [1.29, 1.82) is 0 Å². The number of carbonyl (C=O) groups is 1. The number of carbonyl (C=O) groups excluding carboxylic acids is 1. The fraction of sp³-hybridized carbons (Fsp3) is 0.833. The minimum absolute atomic E-state index is 0.0556. The van der Waals surface area contributed by atoms with Crippen LogP contribution in [-0.4, -0.2) is 5.91 Å². The number of hydrogen-bond donors (Lipinski definition) is 1. The Balaban J connectivity index is 2.17. The van der Waals surface area contributed by atoms with Crippen molar-refractivity contribution in [3.05, 3.63) is 0 Å². The molecule has 0 aromatic heterocycles. The predicted molar refractivity (Wildman–Crippen MR) is 28.9 cm³/mol. The van der Waals surface area contributed by atoms with E-state index in [1.165, 1.54) is 6.42 Å². The van der Waals surface area contributed by atoms with E-state index in [1.54, 1.807) is 0 Å². The van der Waals surface area contributed by atoms with Gasteiger partial charge in [-0.1, -0.05) is 6.92 Å². The van der Waals surface area contributed by atoms with Gasteiger partial charge < -0.3 is 5.73 Å². The summed E-state index contributed by atoms with van der Waals surface area (Å²) < 4.78 is 0. The van der Waals surface area contributed by atoms with Gasteiger partial charge in [-0.15, -0.1) is 0 Å². The van der Waals surface area contributed by atoms with Gasteiger partial charge in [-0.25, -0.2) is 0 Å². The molecule has 0 aromatic carbocycles. The maximum absolute atomic E-state index is 10.5. The third-order valence-corrected chi connectivity index (χ3v) is 2.75. The molecule has 8 heavy (non-hydrogen) atoms. The largest absolute Gasteiger partial charge is 0.369 e. The maximum Gasteiger partial charge on any atom is 0.223 e. The topological polar surface area (TPSA) is 43.1 Å². The van der Waals surface area contributed by atoms with Gasteiger partial charge in [0.1, 0.15) is 0 Å². The monoisotopic (exact) mass is 111 g/mol. The van der Waals surface area contributed by atoms with Gasteiger partial charge in [-0.2, -0.15) is 0 Å². The molecule has 2 fully saturated rings. The highest BCUT2D eigenvalue weighted by molar-refractivity contribution is 5.86. The molecule has 0 heterocycles. The molecule has 44 valence electrons. The van der Waals surface area contributed by atoms with Gasteiger partial charge in [0.2, 0.25) is 5.91 Å². The van der Waals surface area contributed by atoms with Gasteiger partial charge in [0.05, 0.1) is 5.41 Å². The summed E-state index contributed by atoms with van der Waals surface area (Å²) in [5.74, 6) is 1.26. The molecule has 1 amide bonds. The molecule has 0 aliphatic heterocycles. The summed E-state index contributed by atoms with van der Waals surface area (Å²) >= 11 is 0. The van der Waals surface area contributed by atoms with Crippen LogP contribution in [0.1, 0.15) is 13.3 Å². The highest BCUT2D eigenvalue weighted by Gasteiger charge is 2.76. The molecule has 2 aliphatic rings. The third-order valence-electron chi connectivity index (χ3n) is 2.75. The zero-order chi connectivity index (χ0) is 5.94. The first-order valence-electron chi connectivity index (χ1n) is 2.97. The number of hydrogen-bond acceptors (Lipinski definition) is 1. The van der Waals surface area contributed by atoms with Crippen LogP contribution in [0.3, 0.4) is 0 Å². The average molecular weight is 111 g/mol. The van der Waals surface area contributed by atoms with Crippen molar-refractivity contribution in [2.45, 2.75) is 13.3 Å². The minimum atomic E-state index is -0.0984. The van der Waals surface area contributed by atoms with Crippen molar-refractivity contribution in [3.63, 3.8) is 0 Å². The van der Waals surface area contributed by atoms with Gasteiger partial charge in [-0.05, 0) is 18.3 Å². The van der Waals surface area contributed by atoms with Crippen molar-refractivity contribution in [1.82, 2.24) is 0 Å². The lowest BCUT2D eigenvalue weighted by Gasteiger charge is -2.09. The molecule has 2 N–H and O–H groups in total. The number of nitrogens with two attached hydrogens (primary N) is 1. The van der Waals surface area contributed by atoms with Gasteiger partial charge >= 0.3 is 0 Å². The fourth-order valence-corrected chi connectivity index (χ4v) is 1.59. The number of fused-ring (bicyclic) bond motifs is 1. The molecule has 2 rings (SSSR count). The van der Waals surface area contributed by atoms with Crippen molar-refractivity contribution in [2.24, 2.45) is 23.0 Å². The Hall–Kier alpha value is -0.530. The van der Waals surface area contributed by atoms with Gasteiger partial charge in [-0.3, -0.25) is 4.79 Å². The summed E-state index contributed by atoms with van der Waals surface area (Å²) in [6.45, 7) is 1.97. The van der Waals surface area contributed by atoms with E-state index in [-0.39, 0.29) is 11.3 Å². The molecular weight excluding hydrogens is 102 g/mol. The van der Waals surface area contributed by atoms with Crippen LogP contribution in [0.5, 0.6) is 0 Å². The molecule has 0 aromatic rings. The van der Waals surface area contributed by atoms with E-state index in [2.05, 4.69) is 0 Å². The molecule has 2 saturated carbocycles. The standard InChI is InChI=1S/C6H9NO/c1-6(5(7)8)3-2-4(3)6/h3-4H,2H2,1H3,(H2,7,8). The Labute approximate surface area is 48.1 Å². The van der Waals surface area contributed by atoms with Crippen LogP contribution in [-0.2, 0) is 4.79 Å². The number of primary amides is 1. The summed E-state index contributed by atoms with van der Waals surface area (Å²) in [5, 5.41) is 0. The maximum atomic E-state index is 10.5. The summed E-state index contributed by atoms with van der Waals surface area (Å²) in [4.78, 5) is 10.5. The van der Waals surface area contributed by atoms with Gasteiger partial charge in [0.15, 0.2) is 0 Å². The van der Waals surface area contributed by atoms with Crippen molar-refractivity contribution < 1.29 is 4.79 Å². The van der Waals surface area contributed by atoms with Gasteiger partial charge in [0.25, 0.3) is 0 Å². The summed E-state index contributed by atoms with van der Waals surface area (Å²) in [6, 6.07) is 0. The van der Waals surface area contributed by atoms with Crippen LogP contribution >= 0.6 is 0 Å². The molecule has 0 spiro atoms. The highest BCUT2D eigenvalue weighted by atomic mass is 16.1. The lowest BCUT2D eigenvalue weighted by atomic mass is 9.97. The van der Waals surface area contributed by atoms with Crippen LogP contribution in [0, 0.1) is 17.3 Å². The number of rotatable bonds is 1. The van der Waals surface area contributed by atoms with Crippen LogP contribution in [0.25, 0.3) is 0 Å². The predicted octanol–water partition coefficient (Wildman–Crippen LogP) is 0.128. The normalized spacial score (nSPS) is 57.1. The van der Waals surface area contributed by atoms with Crippen LogP contribution < -0.4 is 5.73 Å². The SMILES string of the molecule is CC1(C(N)=O)C2CC21. The second-order valence-corrected chi connectivity index (χ2v) is 3.10. The fourth-order valence-electron chi connectivity index (χ4n) is 1.59. The van der Waals surface area contributed by atoms with Gasteiger partial charge in [0, 0.05) is 0 Å². The zero-order valence-electron chi connectivity index (χ0n) is 4.85. The van der Waals surface area contributed by atoms with Crippen molar-refractivity contribution in [3.8, 4) is 0 Å². The van der Waals surface area contributed by atoms with E-state index in [0.717, 1.165) is 0 Å². The van der Waals surface area contributed by atoms with E-state index in [4.69, 9.17) is 5.73 Å². The molecule has 0 bridgehead atoms. The molecule has 0 saturated heterocycles. The van der Waals surface area contributed by atoms with E-state index >= 15 is 0 Å². The summed E-state index contributed by atoms with van der Waals surface area (Å²) in [6.07, 6.45) is 1.25. The Morgan fingerprint density at radius 1 is 1.75 bits per heavy atom. The lowest BCUT2D eigenvalue weighted by molar-refractivity contribution is -0.124. The molecule has 2 atom stereocenters. The molecule has 2 nitrogen and oxygen atoms in total. The zero-order valence-corrected chi connectivity index (χ0v) is 4.85. The Bertz CT molecular complexity index is 156. The first-order chi connectivity index (χ1) is 3.67. The molecule has 2 aliphatic carbocycles. The quantitative estimate of drug-likeness (QED) is 0.513. The van der Waals surface area contributed by atoms with E-state index in [1.807, 2.05) is 6.92 Å². The Kier molecular flexibility index (Phi) is 0.441. The average Bonchev–Trinajstić information content (AvgIpc) is 2.46. The van der Waals surface area contributed by atoms with Crippen LogP contribution in [0.15, 0.2) is 0 Å². The molecular formula is C6H9NO. The second-order valence-electron chi connectivity index (χ2n) is 3.10. The molecule has 2 heteroatoms. The Morgan fingerprint density at radius 3 is 2.25 bits per heavy atom. The summed E-state index contributed by atoms with van der Waals surface area (Å²) in [7, 11) is 0. The Morgan fingerprint density at radius 2 is 2.25 bits per heavy atom. The molecule has 2 unspecified atom stereocenters. The first-order valence-corrected chi connectivity index (χ1v) is 2.97. The molecule has 0 radical (unpaired) electrons. The summed E-state index contributed by atoms with van der Waals surface area (Å²) in [5.41, 5.74) is 5.06. The number of amides is 1. The smallest absolute Gasteiger partial charge is 0.223 e. The van der Waals surface area contributed by atoms with Crippen LogP contribution in [0.2, 0.25) is 0 Å². The van der Waals surface area contributed by atoms with E-state index in [0.29, 0.717) is 11.8 Å². The second kappa shape index (κ2) is 0.809. The highest BCUT2D eigenvalue weighted by Crippen LogP contribution is 2.77. The van der Waals surface area contributed by atoms with E-state index < -0.39 is 0 Å². The van der Waals surface area contributed by atoms with Crippen LogP contribution in [0.4, 0.5) is 0 Å². The third kappa shape index (κ3) is 0.237. The van der Waals surface area contributed by atoms with E-state index in [9.17, 15) is 4.79 Å². The van der Waals surface area contributed by atoms with Crippen molar-refractivity contribution in [2.75, 3.05) is 0 Å². The first kappa shape index (κ1) is 4.36. The minimum Gasteiger partial charge on any atom is -0.369 e. The lowest BCUT2D eigenvalue weighted by Crippen LogP contribution is -2.27.